The van der Waals surface area contributed by atoms with Crippen LogP contribution in [0.1, 0.15) is 25.3 Å². The van der Waals surface area contributed by atoms with Crippen LogP contribution >= 0.6 is 0 Å². The predicted molar refractivity (Wildman–Crippen MR) is 79.9 cm³/mol. The van der Waals surface area contributed by atoms with E-state index < -0.39 is 0 Å². The van der Waals surface area contributed by atoms with Crippen LogP contribution in [0, 0.1) is 0 Å². The van der Waals surface area contributed by atoms with Gasteiger partial charge in [-0.1, -0.05) is 12.1 Å². The Morgan fingerprint density at radius 2 is 1.81 bits per heavy atom. The summed E-state index contributed by atoms with van der Waals surface area (Å²) in [5.74, 6) is 0.732. The second kappa shape index (κ2) is 7.11. The number of ether oxygens (including phenoxy) is 1. The zero-order valence-corrected chi connectivity index (χ0v) is 12.7. The average molecular weight is 290 g/mol. The molecule has 0 aromatic heterocycles. The van der Waals surface area contributed by atoms with E-state index in [1.165, 1.54) is 6.92 Å². The number of amides is 2. The highest BCUT2D eigenvalue weighted by Crippen LogP contribution is 2.14. The molecule has 1 aromatic rings. The molecule has 114 valence electrons. The lowest BCUT2D eigenvalue weighted by atomic mass is 10.2. The van der Waals surface area contributed by atoms with E-state index in [1.54, 1.807) is 12.0 Å². The molecule has 0 aliphatic carbocycles. The summed E-state index contributed by atoms with van der Waals surface area (Å²) in [6, 6.07) is 7.54. The number of benzene rings is 1. The Bertz CT molecular complexity index is 493. The lowest BCUT2D eigenvalue weighted by molar-refractivity contribution is -0.139. The van der Waals surface area contributed by atoms with E-state index in [9.17, 15) is 9.59 Å². The normalized spacial score (nSPS) is 14.1. The maximum absolute atomic E-state index is 12.2. The van der Waals surface area contributed by atoms with Gasteiger partial charge in [-0.2, -0.15) is 0 Å². The Morgan fingerprint density at radius 3 is 2.33 bits per heavy atom. The topological polar surface area (TPSA) is 49.9 Å². The molecule has 0 N–H and O–H groups in total. The Balaban J connectivity index is 1.97. The number of rotatable bonds is 5. The zero-order chi connectivity index (χ0) is 15.2. The molecular weight excluding hydrogens is 268 g/mol. The first-order valence-electron chi connectivity index (χ1n) is 7.26. The Hall–Kier alpha value is -2.04. The van der Waals surface area contributed by atoms with Crippen LogP contribution in [-0.4, -0.2) is 48.4 Å². The van der Waals surface area contributed by atoms with Gasteiger partial charge in [0.25, 0.3) is 0 Å². The third-order valence-corrected chi connectivity index (χ3v) is 3.76. The van der Waals surface area contributed by atoms with Gasteiger partial charge in [-0.25, -0.2) is 0 Å². The van der Waals surface area contributed by atoms with Crippen molar-refractivity contribution in [1.82, 2.24) is 9.80 Å². The lowest BCUT2D eigenvalue weighted by Gasteiger charge is -2.24. The number of methoxy groups -OCH3 is 1. The predicted octanol–water partition coefficient (Wildman–Crippen LogP) is 1.67. The summed E-state index contributed by atoms with van der Waals surface area (Å²) in [7, 11) is 1.62. The summed E-state index contributed by atoms with van der Waals surface area (Å²) in [6.07, 6.45) is 2.12. The van der Waals surface area contributed by atoms with E-state index in [-0.39, 0.29) is 18.4 Å². The molecule has 0 atom stereocenters. The molecule has 1 aliphatic rings. The average Bonchev–Trinajstić information content (AvgIpc) is 3.01. The third kappa shape index (κ3) is 4.21. The summed E-state index contributed by atoms with van der Waals surface area (Å²) in [5, 5.41) is 0. The van der Waals surface area contributed by atoms with Gasteiger partial charge in [0, 0.05) is 26.6 Å². The maximum Gasteiger partial charge on any atom is 0.242 e. The van der Waals surface area contributed by atoms with Crippen LogP contribution in [0.25, 0.3) is 0 Å². The summed E-state index contributed by atoms with van der Waals surface area (Å²) in [6.45, 7) is 3.72. The van der Waals surface area contributed by atoms with Crippen molar-refractivity contribution in [2.45, 2.75) is 26.3 Å². The summed E-state index contributed by atoms with van der Waals surface area (Å²) in [4.78, 5) is 27.3. The van der Waals surface area contributed by atoms with Crippen molar-refractivity contribution in [1.29, 1.82) is 0 Å². The van der Waals surface area contributed by atoms with Crippen molar-refractivity contribution in [2.24, 2.45) is 0 Å². The molecule has 0 radical (unpaired) electrons. The van der Waals surface area contributed by atoms with Crippen molar-refractivity contribution in [3.8, 4) is 5.75 Å². The third-order valence-electron chi connectivity index (χ3n) is 3.76. The first kappa shape index (κ1) is 15.4. The number of carbonyl (C=O) groups is 2. The molecule has 21 heavy (non-hydrogen) atoms. The van der Waals surface area contributed by atoms with Crippen LogP contribution in [0.4, 0.5) is 0 Å². The van der Waals surface area contributed by atoms with E-state index in [0.29, 0.717) is 6.54 Å². The van der Waals surface area contributed by atoms with Gasteiger partial charge >= 0.3 is 0 Å². The minimum atomic E-state index is -0.0848. The van der Waals surface area contributed by atoms with Gasteiger partial charge in [0.05, 0.1) is 7.11 Å². The molecular formula is C16H22N2O3. The van der Waals surface area contributed by atoms with Crippen LogP contribution in [0.2, 0.25) is 0 Å². The van der Waals surface area contributed by atoms with E-state index in [4.69, 9.17) is 4.74 Å². The molecule has 1 aromatic carbocycles. The maximum atomic E-state index is 12.2. The Labute approximate surface area is 125 Å². The fourth-order valence-corrected chi connectivity index (χ4v) is 2.46. The van der Waals surface area contributed by atoms with E-state index >= 15 is 0 Å². The van der Waals surface area contributed by atoms with Crippen molar-refractivity contribution in [3.05, 3.63) is 29.8 Å². The molecule has 0 spiro atoms. The first-order chi connectivity index (χ1) is 10.1. The van der Waals surface area contributed by atoms with Gasteiger partial charge in [-0.05, 0) is 30.5 Å². The highest BCUT2D eigenvalue weighted by atomic mass is 16.5. The summed E-state index contributed by atoms with van der Waals surface area (Å²) in [5.41, 5.74) is 0.986. The van der Waals surface area contributed by atoms with Gasteiger partial charge in [0.2, 0.25) is 11.8 Å². The number of hydrogen-bond donors (Lipinski definition) is 0. The standard InChI is InChI=1S/C16H22N2O3/c1-13(19)18(12-16(20)17-9-3-4-10-17)11-14-5-7-15(21-2)8-6-14/h5-8H,3-4,9-12H2,1-2H3. The fourth-order valence-electron chi connectivity index (χ4n) is 2.46. The quantitative estimate of drug-likeness (QED) is 0.829. The molecule has 0 bridgehead atoms. The Kier molecular flexibility index (Phi) is 5.20. The highest BCUT2D eigenvalue weighted by Gasteiger charge is 2.21. The van der Waals surface area contributed by atoms with E-state index in [0.717, 1.165) is 37.2 Å². The molecule has 1 heterocycles. The fraction of sp³-hybridized carbons (Fsp3) is 0.500. The number of carbonyl (C=O) groups excluding carboxylic acids is 2. The van der Waals surface area contributed by atoms with E-state index in [2.05, 4.69) is 0 Å². The van der Waals surface area contributed by atoms with Gasteiger partial charge in [-0.15, -0.1) is 0 Å². The highest BCUT2D eigenvalue weighted by molar-refractivity contribution is 5.84. The molecule has 1 aliphatic heterocycles. The van der Waals surface area contributed by atoms with Crippen molar-refractivity contribution < 1.29 is 14.3 Å². The van der Waals surface area contributed by atoms with Gasteiger partial charge in [0.15, 0.2) is 0 Å². The molecule has 5 nitrogen and oxygen atoms in total. The minimum Gasteiger partial charge on any atom is -0.497 e. The second-order valence-corrected chi connectivity index (χ2v) is 5.31. The van der Waals surface area contributed by atoms with Crippen LogP contribution in [0.15, 0.2) is 24.3 Å². The largest absolute Gasteiger partial charge is 0.497 e. The van der Waals surface area contributed by atoms with E-state index in [1.807, 2.05) is 29.2 Å². The van der Waals surface area contributed by atoms with Gasteiger partial charge < -0.3 is 14.5 Å². The SMILES string of the molecule is COc1ccc(CN(CC(=O)N2CCCC2)C(C)=O)cc1. The molecule has 0 unspecified atom stereocenters. The molecule has 1 fully saturated rings. The van der Waals surface area contributed by atoms with Crippen molar-refractivity contribution in [3.63, 3.8) is 0 Å². The van der Waals surface area contributed by atoms with Gasteiger partial charge in [0.1, 0.15) is 12.3 Å². The second-order valence-electron chi connectivity index (χ2n) is 5.31. The molecule has 2 amide bonds. The minimum absolute atomic E-state index is 0.0382. The monoisotopic (exact) mass is 290 g/mol. The van der Waals surface area contributed by atoms with Crippen molar-refractivity contribution >= 4 is 11.8 Å². The van der Waals surface area contributed by atoms with Crippen LogP contribution < -0.4 is 4.74 Å². The lowest BCUT2D eigenvalue weighted by Crippen LogP contribution is -2.40. The van der Waals surface area contributed by atoms with Gasteiger partial charge in [-0.3, -0.25) is 9.59 Å². The number of nitrogens with zero attached hydrogens (tertiary/aromatic N) is 2. The molecule has 5 heteroatoms. The number of likely N-dealkylation sites (tertiary alicyclic amines) is 1. The number of hydrogen-bond acceptors (Lipinski definition) is 3. The van der Waals surface area contributed by atoms with Crippen LogP contribution in [0.3, 0.4) is 0 Å². The van der Waals surface area contributed by atoms with Crippen LogP contribution in [0.5, 0.6) is 5.75 Å². The Morgan fingerprint density at radius 1 is 1.19 bits per heavy atom. The molecule has 2 rings (SSSR count). The van der Waals surface area contributed by atoms with Crippen LogP contribution in [-0.2, 0) is 16.1 Å². The smallest absolute Gasteiger partial charge is 0.242 e. The first-order valence-corrected chi connectivity index (χ1v) is 7.26. The molecule has 0 saturated carbocycles. The van der Waals surface area contributed by atoms with Crippen molar-refractivity contribution in [2.75, 3.05) is 26.7 Å². The zero-order valence-electron chi connectivity index (χ0n) is 12.7. The summed E-state index contributed by atoms with van der Waals surface area (Å²) >= 11 is 0. The summed E-state index contributed by atoms with van der Waals surface area (Å²) < 4.78 is 5.11. The molecule has 1 saturated heterocycles.